The quantitative estimate of drug-likeness (QED) is 0.482. The molecule has 0 aliphatic carbocycles. The molecule has 32 heavy (non-hydrogen) atoms. The van der Waals surface area contributed by atoms with Crippen LogP contribution < -0.4 is 15.4 Å². The van der Waals surface area contributed by atoms with Gasteiger partial charge in [0.1, 0.15) is 12.6 Å². The highest BCUT2D eigenvalue weighted by Gasteiger charge is 2.20. The summed E-state index contributed by atoms with van der Waals surface area (Å²) in [5.74, 6) is -0.464. The Morgan fingerprint density at radius 2 is 1.62 bits per heavy atom. The number of anilines is 1. The van der Waals surface area contributed by atoms with Crippen LogP contribution in [0.2, 0.25) is 0 Å². The molecular weight excluding hydrogens is 430 g/mol. The first-order valence-electron chi connectivity index (χ1n) is 10.1. The number of nitrogens with one attached hydrogen (secondary N) is 3. The van der Waals surface area contributed by atoms with Gasteiger partial charge in [0.2, 0.25) is 15.9 Å². The van der Waals surface area contributed by atoms with Gasteiger partial charge in [-0.05, 0) is 24.6 Å². The second kappa shape index (κ2) is 10.3. The largest absolute Gasteiger partial charge is 0.445 e. The van der Waals surface area contributed by atoms with Crippen LogP contribution >= 0.6 is 0 Å². The number of carbonyl (C=O) groups excluding carboxylic acids is 2. The molecule has 0 bridgehead atoms. The average Bonchev–Trinajstić information content (AvgIpc) is 2.78. The molecule has 0 saturated carbocycles. The Morgan fingerprint density at radius 1 is 0.938 bits per heavy atom. The van der Waals surface area contributed by atoms with E-state index in [-0.39, 0.29) is 18.0 Å². The normalized spacial score (nSPS) is 12.2. The van der Waals surface area contributed by atoms with Crippen molar-refractivity contribution in [3.63, 3.8) is 0 Å². The summed E-state index contributed by atoms with van der Waals surface area (Å²) in [6, 6.07) is 18.2. The molecule has 1 unspecified atom stereocenters. The fourth-order valence-electron chi connectivity index (χ4n) is 3.14. The lowest BCUT2D eigenvalue weighted by Gasteiger charge is -2.16. The van der Waals surface area contributed by atoms with Crippen molar-refractivity contribution in [2.75, 3.05) is 11.9 Å². The van der Waals surface area contributed by atoms with Crippen LogP contribution in [0.4, 0.5) is 10.5 Å². The van der Waals surface area contributed by atoms with Gasteiger partial charge in [0, 0.05) is 23.0 Å². The van der Waals surface area contributed by atoms with E-state index in [4.69, 9.17) is 4.74 Å². The topological polar surface area (TPSA) is 114 Å². The zero-order chi connectivity index (χ0) is 23.1. The summed E-state index contributed by atoms with van der Waals surface area (Å²) >= 11 is 0. The van der Waals surface area contributed by atoms with Gasteiger partial charge in [0.05, 0.1) is 4.90 Å². The highest BCUT2D eigenvalue weighted by atomic mass is 32.2. The summed E-state index contributed by atoms with van der Waals surface area (Å²) < 4.78 is 32.6. The zero-order valence-corrected chi connectivity index (χ0v) is 18.6. The van der Waals surface area contributed by atoms with Gasteiger partial charge >= 0.3 is 6.09 Å². The second-order valence-electron chi connectivity index (χ2n) is 7.08. The summed E-state index contributed by atoms with van der Waals surface area (Å²) in [5.41, 5.74) is 1.27. The Balaban J connectivity index is 1.70. The summed E-state index contributed by atoms with van der Waals surface area (Å²) in [5, 5.41) is 6.29. The number of benzene rings is 3. The van der Waals surface area contributed by atoms with Crippen LogP contribution in [0.15, 0.2) is 71.6 Å². The monoisotopic (exact) mass is 455 g/mol. The van der Waals surface area contributed by atoms with Crippen LogP contribution in [-0.2, 0) is 26.2 Å². The minimum Gasteiger partial charge on any atom is -0.445 e. The van der Waals surface area contributed by atoms with Crippen molar-refractivity contribution < 1.29 is 22.7 Å². The average molecular weight is 456 g/mol. The molecule has 0 aliphatic rings. The van der Waals surface area contributed by atoms with Crippen molar-refractivity contribution in [2.24, 2.45) is 0 Å². The van der Waals surface area contributed by atoms with Crippen molar-refractivity contribution in [2.45, 2.75) is 31.4 Å². The minimum absolute atomic E-state index is 0.0907. The molecule has 0 saturated heterocycles. The maximum Gasteiger partial charge on any atom is 0.408 e. The fraction of sp³-hybridized carbons (Fsp3) is 0.217. The molecule has 3 aromatic rings. The highest BCUT2D eigenvalue weighted by Crippen LogP contribution is 2.28. The molecule has 3 rings (SSSR count). The van der Waals surface area contributed by atoms with E-state index in [2.05, 4.69) is 15.4 Å². The first-order chi connectivity index (χ1) is 15.3. The molecular formula is C23H25N3O5S. The number of hydrogen-bond donors (Lipinski definition) is 3. The van der Waals surface area contributed by atoms with Gasteiger partial charge < -0.3 is 15.4 Å². The van der Waals surface area contributed by atoms with E-state index in [1.54, 1.807) is 37.3 Å². The van der Waals surface area contributed by atoms with E-state index >= 15 is 0 Å². The van der Waals surface area contributed by atoms with Crippen molar-refractivity contribution in [3.05, 3.63) is 72.3 Å². The van der Waals surface area contributed by atoms with Crippen LogP contribution in [0.3, 0.4) is 0 Å². The summed E-state index contributed by atoms with van der Waals surface area (Å²) in [7, 11) is -3.68. The first kappa shape index (κ1) is 23.2. The number of alkyl carbamates (subject to hydrolysis) is 1. The van der Waals surface area contributed by atoms with Gasteiger partial charge in [-0.3, -0.25) is 4.79 Å². The number of ether oxygens (including phenoxy) is 1. The molecule has 8 nitrogen and oxygen atoms in total. The van der Waals surface area contributed by atoms with Crippen molar-refractivity contribution in [1.82, 2.24) is 10.0 Å². The molecule has 0 heterocycles. The first-order valence-corrected chi connectivity index (χ1v) is 11.6. The van der Waals surface area contributed by atoms with Gasteiger partial charge in [0.25, 0.3) is 0 Å². The van der Waals surface area contributed by atoms with E-state index in [0.29, 0.717) is 16.5 Å². The van der Waals surface area contributed by atoms with Crippen molar-refractivity contribution in [3.8, 4) is 0 Å². The Hall–Kier alpha value is -3.43. The molecule has 9 heteroatoms. The minimum atomic E-state index is -3.68. The van der Waals surface area contributed by atoms with Crippen LogP contribution in [0.1, 0.15) is 19.4 Å². The number of fused-ring (bicyclic) bond motifs is 1. The summed E-state index contributed by atoms with van der Waals surface area (Å²) in [6.45, 7) is 3.59. The third kappa shape index (κ3) is 5.63. The zero-order valence-electron chi connectivity index (χ0n) is 17.8. The van der Waals surface area contributed by atoms with E-state index in [1.165, 1.54) is 13.0 Å². The van der Waals surface area contributed by atoms with E-state index < -0.39 is 28.1 Å². The van der Waals surface area contributed by atoms with Gasteiger partial charge in [-0.2, -0.15) is 0 Å². The summed E-state index contributed by atoms with van der Waals surface area (Å²) in [4.78, 5) is 24.8. The third-order valence-electron chi connectivity index (χ3n) is 4.70. The number of amides is 2. The molecule has 168 valence electrons. The lowest BCUT2D eigenvalue weighted by Crippen LogP contribution is -2.41. The van der Waals surface area contributed by atoms with Crippen LogP contribution in [0.25, 0.3) is 10.8 Å². The molecule has 2 amide bonds. The number of sulfonamides is 1. The second-order valence-corrected chi connectivity index (χ2v) is 8.81. The maximum absolute atomic E-state index is 12.6. The Kier molecular flexibility index (Phi) is 7.45. The maximum atomic E-state index is 12.6. The fourth-order valence-corrected chi connectivity index (χ4v) is 4.40. The number of carbonyl (C=O) groups is 2. The van der Waals surface area contributed by atoms with Crippen molar-refractivity contribution in [1.29, 1.82) is 0 Å². The highest BCUT2D eigenvalue weighted by molar-refractivity contribution is 7.89. The van der Waals surface area contributed by atoms with Gasteiger partial charge in [-0.1, -0.05) is 61.5 Å². The van der Waals surface area contributed by atoms with E-state index in [1.807, 2.05) is 30.3 Å². The van der Waals surface area contributed by atoms with Gasteiger partial charge in [-0.25, -0.2) is 17.9 Å². The molecule has 1 atom stereocenters. The van der Waals surface area contributed by atoms with E-state index in [0.717, 1.165) is 5.56 Å². The molecule has 3 N–H and O–H groups in total. The summed E-state index contributed by atoms with van der Waals surface area (Å²) in [6.07, 6.45) is -0.714. The lowest BCUT2D eigenvalue weighted by atomic mass is 10.1. The number of rotatable bonds is 8. The third-order valence-corrected chi connectivity index (χ3v) is 6.31. The predicted octanol–water partition coefficient (Wildman–Crippen LogP) is 3.39. The van der Waals surface area contributed by atoms with E-state index in [9.17, 15) is 18.0 Å². The Bertz CT molecular complexity index is 1210. The van der Waals surface area contributed by atoms with Crippen LogP contribution in [0.5, 0.6) is 0 Å². The smallest absolute Gasteiger partial charge is 0.408 e. The van der Waals surface area contributed by atoms with Crippen LogP contribution in [-0.4, -0.2) is 33.0 Å². The molecule has 0 radical (unpaired) electrons. The molecule has 0 fully saturated rings. The SMILES string of the molecule is CCNS(=O)(=O)c1cccc2c(NC(=O)C(C)NC(=O)OCc3ccccc3)cccc12. The molecule has 0 aromatic heterocycles. The van der Waals surface area contributed by atoms with Gasteiger partial charge in [0.15, 0.2) is 0 Å². The molecule has 3 aromatic carbocycles. The number of hydrogen-bond acceptors (Lipinski definition) is 5. The predicted molar refractivity (Wildman–Crippen MR) is 123 cm³/mol. The molecule has 0 spiro atoms. The Morgan fingerprint density at radius 3 is 2.34 bits per heavy atom. The lowest BCUT2D eigenvalue weighted by molar-refractivity contribution is -0.117. The van der Waals surface area contributed by atoms with Gasteiger partial charge in [-0.15, -0.1) is 0 Å². The Labute approximate surface area is 187 Å². The van der Waals surface area contributed by atoms with Crippen molar-refractivity contribution >= 4 is 38.5 Å². The molecule has 0 aliphatic heterocycles. The standard InChI is InChI=1S/C23H25N3O5S/c1-3-24-32(29,30)21-14-8-11-18-19(21)12-7-13-20(18)26-22(27)16(2)25-23(28)31-15-17-9-5-4-6-10-17/h4-14,16,24H,3,15H2,1-2H3,(H,25,28)(H,26,27). The van der Waals surface area contributed by atoms with Crippen LogP contribution in [0, 0.1) is 0 Å².